The number of halogens is 4. The second-order valence-corrected chi connectivity index (χ2v) is 4.69. The monoisotopic (exact) mass is 304 g/mol. The van der Waals surface area contributed by atoms with Crippen LogP contribution in [0.15, 0.2) is 45.8 Å². The van der Waals surface area contributed by atoms with Crippen LogP contribution in [0.4, 0.5) is 17.6 Å². The van der Waals surface area contributed by atoms with E-state index in [1.165, 1.54) is 24.3 Å². The Kier molecular flexibility index (Phi) is 4.78. The molecule has 0 aliphatic rings. The standard InChI is InChI=1S/C12H8F4N2OS/c13-8-3-1-7(2-4-8)11-17-18-12(19-11)20-6-5-9(14)10(15)16/h1-4H,5-6H2. The largest absolute Gasteiger partial charge is 0.411 e. The van der Waals surface area contributed by atoms with Crippen LogP contribution in [0.25, 0.3) is 11.5 Å². The minimum Gasteiger partial charge on any atom is -0.411 e. The molecule has 8 heteroatoms. The van der Waals surface area contributed by atoms with Crippen molar-refractivity contribution >= 4 is 11.8 Å². The van der Waals surface area contributed by atoms with E-state index in [0.29, 0.717) is 5.56 Å². The summed E-state index contributed by atoms with van der Waals surface area (Å²) in [6.07, 6.45) is -2.73. The Bertz CT molecular complexity index is 608. The van der Waals surface area contributed by atoms with E-state index in [2.05, 4.69) is 10.2 Å². The molecule has 20 heavy (non-hydrogen) atoms. The van der Waals surface area contributed by atoms with Crippen molar-refractivity contribution in [3.63, 3.8) is 0 Å². The molecule has 2 aromatic rings. The molecule has 0 aliphatic carbocycles. The smallest absolute Gasteiger partial charge is 0.301 e. The summed E-state index contributed by atoms with van der Waals surface area (Å²) in [7, 11) is 0. The van der Waals surface area contributed by atoms with E-state index in [-0.39, 0.29) is 16.9 Å². The third kappa shape index (κ3) is 3.83. The highest BCUT2D eigenvalue weighted by Crippen LogP contribution is 2.25. The number of hydrogen-bond acceptors (Lipinski definition) is 4. The third-order valence-electron chi connectivity index (χ3n) is 2.25. The predicted octanol–water partition coefficient (Wildman–Crippen LogP) is 4.44. The van der Waals surface area contributed by atoms with Crippen LogP contribution < -0.4 is 0 Å². The van der Waals surface area contributed by atoms with Gasteiger partial charge < -0.3 is 4.42 Å². The Labute approximate surface area is 115 Å². The van der Waals surface area contributed by atoms with Crippen molar-refractivity contribution in [3.05, 3.63) is 42.0 Å². The van der Waals surface area contributed by atoms with E-state index in [9.17, 15) is 17.6 Å². The number of rotatable bonds is 5. The van der Waals surface area contributed by atoms with E-state index < -0.39 is 24.1 Å². The SMILES string of the molecule is FC(F)=C(F)CCSc1nnc(-c2ccc(F)cc2)o1. The van der Waals surface area contributed by atoms with Crippen molar-refractivity contribution in [2.75, 3.05) is 5.75 Å². The first-order chi connectivity index (χ1) is 9.56. The fraction of sp³-hybridized carbons (Fsp3) is 0.167. The van der Waals surface area contributed by atoms with Gasteiger partial charge in [0.2, 0.25) is 5.89 Å². The molecule has 0 saturated carbocycles. The van der Waals surface area contributed by atoms with E-state index >= 15 is 0 Å². The number of nitrogens with zero attached hydrogens (tertiary/aromatic N) is 2. The summed E-state index contributed by atoms with van der Waals surface area (Å²) in [5.41, 5.74) is 0.534. The molecular formula is C12H8F4N2OS. The summed E-state index contributed by atoms with van der Waals surface area (Å²) in [6, 6.07) is 5.43. The van der Waals surface area contributed by atoms with Crippen LogP contribution in [0.5, 0.6) is 0 Å². The highest BCUT2D eigenvalue weighted by molar-refractivity contribution is 7.99. The summed E-state index contributed by atoms with van der Waals surface area (Å²) in [5, 5.41) is 7.55. The van der Waals surface area contributed by atoms with Crippen molar-refractivity contribution in [3.8, 4) is 11.5 Å². The molecular weight excluding hydrogens is 296 g/mol. The molecule has 0 atom stereocenters. The van der Waals surface area contributed by atoms with Crippen molar-refractivity contribution < 1.29 is 22.0 Å². The van der Waals surface area contributed by atoms with Gasteiger partial charge in [0.25, 0.3) is 5.22 Å². The quantitative estimate of drug-likeness (QED) is 0.605. The predicted molar refractivity (Wildman–Crippen MR) is 65.4 cm³/mol. The molecule has 0 unspecified atom stereocenters. The molecule has 0 amide bonds. The van der Waals surface area contributed by atoms with Gasteiger partial charge in [-0.1, -0.05) is 11.8 Å². The molecule has 0 saturated heterocycles. The van der Waals surface area contributed by atoms with Crippen LogP contribution in [0.1, 0.15) is 6.42 Å². The van der Waals surface area contributed by atoms with Gasteiger partial charge in [-0.15, -0.1) is 10.2 Å². The zero-order valence-corrected chi connectivity index (χ0v) is 10.8. The molecule has 106 valence electrons. The lowest BCUT2D eigenvalue weighted by Crippen LogP contribution is -1.82. The van der Waals surface area contributed by atoms with E-state index in [0.717, 1.165) is 11.8 Å². The Balaban J connectivity index is 1.96. The lowest BCUT2D eigenvalue weighted by molar-refractivity contribution is 0.373. The Morgan fingerprint density at radius 1 is 1.10 bits per heavy atom. The second-order valence-electron chi connectivity index (χ2n) is 3.64. The van der Waals surface area contributed by atoms with Gasteiger partial charge in [0.1, 0.15) is 5.82 Å². The zero-order chi connectivity index (χ0) is 14.5. The van der Waals surface area contributed by atoms with Crippen LogP contribution in [-0.4, -0.2) is 16.0 Å². The minimum absolute atomic E-state index is 0.0498. The molecule has 0 spiro atoms. The van der Waals surface area contributed by atoms with Gasteiger partial charge in [0.15, 0.2) is 5.83 Å². The summed E-state index contributed by atoms with van der Waals surface area (Å²) in [4.78, 5) is 0. The molecule has 0 radical (unpaired) electrons. The van der Waals surface area contributed by atoms with Gasteiger partial charge >= 0.3 is 6.08 Å². The number of aromatic nitrogens is 2. The van der Waals surface area contributed by atoms with Gasteiger partial charge in [-0.25, -0.2) is 8.78 Å². The van der Waals surface area contributed by atoms with Gasteiger partial charge in [-0.2, -0.15) is 8.78 Å². The number of hydrogen-bond donors (Lipinski definition) is 0. The normalized spacial score (nSPS) is 10.6. The van der Waals surface area contributed by atoms with Crippen LogP contribution in [0.3, 0.4) is 0 Å². The van der Waals surface area contributed by atoms with E-state index in [1.54, 1.807) is 0 Å². The van der Waals surface area contributed by atoms with Crippen molar-refractivity contribution in [2.45, 2.75) is 11.6 Å². The second kappa shape index (κ2) is 6.56. The summed E-state index contributed by atoms with van der Waals surface area (Å²) in [6.45, 7) is 0. The maximum atomic E-state index is 12.7. The summed E-state index contributed by atoms with van der Waals surface area (Å²) in [5.74, 6) is -1.61. The van der Waals surface area contributed by atoms with Crippen LogP contribution in [-0.2, 0) is 0 Å². The Morgan fingerprint density at radius 2 is 1.80 bits per heavy atom. The zero-order valence-electron chi connectivity index (χ0n) is 9.95. The fourth-order valence-corrected chi connectivity index (χ4v) is 1.99. The average Bonchev–Trinajstić information content (AvgIpc) is 2.88. The lowest BCUT2D eigenvalue weighted by atomic mass is 10.2. The van der Waals surface area contributed by atoms with Crippen molar-refractivity contribution in [2.24, 2.45) is 0 Å². The first kappa shape index (κ1) is 14.6. The number of allylic oxidation sites excluding steroid dienone is 1. The fourth-order valence-electron chi connectivity index (χ4n) is 1.30. The molecule has 0 N–H and O–H groups in total. The molecule has 1 aromatic carbocycles. The lowest BCUT2D eigenvalue weighted by Gasteiger charge is -1.95. The molecule has 0 fully saturated rings. The highest BCUT2D eigenvalue weighted by Gasteiger charge is 2.10. The van der Waals surface area contributed by atoms with Crippen LogP contribution >= 0.6 is 11.8 Å². The highest BCUT2D eigenvalue weighted by atomic mass is 32.2. The van der Waals surface area contributed by atoms with Crippen LogP contribution in [0.2, 0.25) is 0 Å². The third-order valence-corrected chi connectivity index (χ3v) is 3.07. The van der Waals surface area contributed by atoms with Crippen molar-refractivity contribution in [1.29, 1.82) is 0 Å². The average molecular weight is 304 g/mol. The Morgan fingerprint density at radius 3 is 2.45 bits per heavy atom. The molecule has 2 rings (SSSR count). The van der Waals surface area contributed by atoms with E-state index in [4.69, 9.17) is 4.42 Å². The topological polar surface area (TPSA) is 38.9 Å². The molecule has 3 nitrogen and oxygen atoms in total. The summed E-state index contributed by atoms with van der Waals surface area (Å²) < 4.78 is 54.2. The molecule has 1 aromatic heterocycles. The first-order valence-corrected chi connectivity index (χ1v) is 6.46. The number of thioether (sulfide) groups is 1. The van der Waals surface area contributed by atoms with Crippen molar-refractivity contribution in [1.82, 2.24) is 10.2 Å². The van der Waals surface area contributed by atoms with Gasteiger partial charge in [-0.05, 0) is 24.3 Å². The molecule has 1 heterocycles. The van der Waals surface area contributed by atoms with Gasteiger partial charge in [0, 0.05) is 17.7 Å². The van der Waals surface area contributed by atoms with Crippen LogP contribution in [0, 0.1) is 5.82 Å². The number of benzene rings is 1. The summed E-state index contributed by atoms with van der Waals surface area (Å²) >= 11 is 0.963. The first-order valence-electron chi connectivity index (χ1n) is 5.48. The maximum absolute atomic E-state index is 12.7. The molecule has 0 aliphatic heterocycles. The van der Waals surface area contributed by atoms with Gasteiger partial charge in [-0.3, -0.25) is 0 Å². The van der Waals surface area contributed by atoms with Gasteiger partial charge in [0.05, 0.1) is 0 Å². The van der Waals surface area contributed by atoms with E-state index in [1.807, 2.05) is 0 Å². The molecule has 0 bridgehead atoms. The maximum Gasteiger partial charge on any atom is 0.301 e. The minimum atomic E-state index is -2.32. The Hall–Kier alpha value is -1.83.